The molecule has 3 N–H and O–H groups in total. The Labute approximate surface area is 165 Å². The minimum absolute atomic E-state index is 0.309. The molecule has 6 nitrogen and oxygen atoms in total. The summed E-state index contributed by atoms with van der Waals surface area (Å²) >= 11 is 3.47. The number of nitrogens with zero attached hydrogens (tertiary/aromatic N) is 3. The highest BCUT2D eigenvalue weighted by Crippen LogP contribution is 2.41. The number of amides is 1. The van der Waals surface area contributed by atoms with E-state index in [1.807, 2.05) is 17.4 Å². The zero-order valence-corrected chi connectivity index (χ0v) is 16.5. The molecule has 1 atom stereocenters. The number of piperazine rings is 1. The van der Waals surface area contributed by atoms with Gasteiger partial charge in [0.15, 0.2) is 5.82 Å². The third kappa shape index (κ3) is 3.01. The normalized spacial score (nSPS) is 20.0. The summed E-state index contributed by atoms with van der Waals surface area (Å²) in [7, 11) is 0. The van der Waals surface area contributed by atoms with E-state index in [0.29, 0.717) is 6.54 Å². The van der Waals surface area contributed by atoms with Crippen molar-refractivity contribution in [3.63, 3.8) is 0 Å². The van der Waals surface area contributed by atoms with Gasteiger partial charge in [0.1, 0.15) is 16.7 Å². The van der Waals surface area contributed by atoms with Crippen molar-refractivity contribution in [2.75, 3.05) is 24.5 Å². The van der Waals surface area contributed by atoms with Gasteiger partial charge in [-0.25, -0.2) is 9.97 Å². The quantitative estimate of drug-likeness (QED) is 0.707. The Balaban J connectivity index is 1.68. The Morgan fingerprint density at radius 2 is 2.19 bits per heavy atom. The van der Waals surface area contributed by atoms with Crippen molar-refractivity contribution in [2.24, 2.45) is 5.73 Å². The molecule has 0 saturated carbocycles. The van der Waals surface area contributed by atoms with Crippen LogP contribution in [-0.2, 0) is 17.6 Å². The molecule has 1 saturated heterocycles. The molecule has 1 fully saturated rings. The lowest BCUT2D eigenvalue weighted by Gasteiger charge is -2.33. The Bertz CT molecular complexity index is 997. The second-order valence-corrected chi connectivity index (χ2v) is 9.13. The van der Waals surface area contributed by atoms with Gasteiger partial charge in [0.2, 0.25) is 5.91 Å². The highest BCUT2D eigenvalue weighted by Gasteiger charge is 2.29. The molecule has 1 unspecified atom stereocenters. The van der Waals surface area contributed by atoms with Crippen LogP contribution < -0.4 is 16.0 Å². The first kappa shape index (κ1) is 17.1. The van der Waals surface area contributed by atoms with Gasteiger partial charge < -0.3 is 16.0 Å². The van der Waals surface area contributed by atoms with Crippen LogP contribution in [-0.4, -0.2) is 41.6 Å². The minimum atomic E-state index is -0.344. The first-order chi connectivity index (χ1) is 13.2. The second-order valence-electron chi connectivity index (χ2n) is 7.09. The molecule has 0 bridgehead atoms. The van der Waals surface area contributed by atoms with E-state index in [0.717, 1.165) is 47.3 Å². The minimum Gasteiger partial charge on any atom is -0.368 e. The number of hydrogen-bond acceptors (Lipinski definition) is 7. The average Bonchev–Trinajstić information content (AvgIpc) is 3.35. The number of aromatic nitrogens is 2. The standard InChI is InChI=1S/C19H21N5OS2/c20-16(25)12-10-24(8-7-21-12)18-15-11-4-1-2-5-13(11)27-19(15)23-17(22-18)14-6-3-9-26-14/h3,6,9,12,21H,1-2,4-5,7-8,10H2,(H2,20,25). The van der Waals surface area contributed by atoms with Gasteiger partial charge in [0, 0.05) is 24.5 Å². The van der Waals surface area contributed by atoms with Crippen molar-refractivity contribution in [3.05, 3.63) is 28.0 Å². The summed E-state index contributed by atoms with van der Waals surface area (Å²) < 4.78 is 0. The lowest BCUT2D eigenvalue weighted by Crippen LogP contribution is -2.56. The molecular formula is C19H21N5OS2. The average molecular weight is 400 g/mol. The number of rotatable bonds is 3. The van der Waals surface area contributed by atoms with Crippen molar-refractivity contribution in [1.82, 2.24) is 15.3 Å². The molecule has 1 aliphatic heterocycles. The van der Waals surface area contributed by atoms with Gasteiger partial charge in [-0.3, -0.25) is 4.79 Å². The molecule has 0 spiro atoms. The van der Waals surface area contributed by atoms with Crippen LogP contribution in [0.25, 0.3) is 20.9 Å². The zero-order chi connectivity index (χ0) is 18.4. The molecule has 1 amide bonds. The summed E-state index contributed by atoms with van der Waals surface area (Å²) in [6.45, 7) is 2.08. The maximum absolute atomic E-state index is 11.7. The van der Waals surface area contributed by atoms with Crippen LogP contribution >= 0.6 is 22.7 Å². The molecule has 0 aromatic carbocycles. The number of nitrogens with one attached hydrogen (secondary N) is 1. The summed E-state index contributed by atoms with van der Waals surface area (Å²) in [6.07, 6.45) is 4.69. The zero-order valence-electron chi connectivity index (χ0n) is 14.9. The number of carbonyl (C=O) groups is 1. The topological polar surface area (TPSA) is 84.1 Å². The van der Waals surface area contributed by atoms with E-state index in [1.54, 1.807) is 11.3 Å². The van der Waals surface area contributed by atoms with Gasteiger partial charge in [-0.05, 0) is 42.7 Å². The Kier molecular flexibility index (Phi) is 4.34. The predicted molar refractivity (Wildman–Crippen MR) is 111 cm³/mol. The fourth-order valence-corrected chi connectivity index (χ4v) is 5.93. The fraction of sp³-hybridized carbons (Fsp3) is 0.421. The van der Waals surface area contributed by atoms with Crippen LogP contribution in [0.4, 0.5) is 5.82 Å². The Morgan fingerprint density at radius 1 is 1.30 bits per heavy atom. The van der Waals surface area contributed by atoms with Gasteiger partial charge in [-0.1, -0.05) is 6.07 Å². The highest BCUT2D eigenvalue weighted by molar-refractivity contribution is 7.19. The van der Waals surface area contributed by atoms with Crippen molar-refractivity contribution >= 4 is 44.6 Å². The third-order valence-corrected chi connectivity index (χ3v) is 7.41. The van der Waals surface area contributed by atoms with Crippen LogP contribution in [0, 0.1) is 0 Å². The van der Waals surface area contributed by atoms with Gasteiger partial charge in [-0.15, -0.1) is 22.7 Å². The first-order valence-electron chi connectivity index (χ1n) is 9.34. The monoisotopic (exact) mass is 399 g/mol. The highest BCUT2D eigenvalue weighted by atomic mass is 32.1. The summed E-state index contributed by atoms with van der Waals surface area (Å²) in [5.41, 5.74) is 6.98. The van der Waals surface area contributed by atoms with E-state index in [1.165, 1.54) is 28.7 Å². The van der Waals surface area contributed by atoms with Gasteiger partial charge >= 0.3 is 0 Å². The maximum Gasteiger partial charge on any atom is 0.236 e. The molecular weight excluding hydrogens is 378 g/mol. The number of thiophene rings is 2. The number of hydrogen-bond donors (Lipinski definition) is 2. The van der Waals surface area contributed by atoms with Gasteiger partial charge in [-0.2, -0.15) is 0 Å². The molecule has 1 aliphatic carbocycles. The summed E-state index contributed by atoms with van der Waals surface area (Å²) in [4.78, 5) is 27.5. The molecule has 140 valence electrons. The van der Waals surface area contributed by atoms with Crippen LogP contribution in [0.3, 0.4) is 0 Å². The van der Waals surface area contributed by atoms with Crippen molar-refractivity contribution in [3.8, 4) is 10.7 Å². The van der Waals surface area contributed by atoms with E-state index in [2.05, 4.69) is 21.7 Å². The molecule has 8 heteroatoms. The molecule has 2 aliphatic rings. The Hall–Kier alpha value is -2.03. The molecule has 4 heterocycles. The van der Waals surface area contributed by atoms with E-state index in [4.69, 9.17) is 15.7 Å². The first-order valence-corrected chi connectivity index (χ1v) is 11.0. The number of nitrogens with two attached hydrogens (primary N) is 1. The van der Waals surface area contributed by atoms with E-state index < -0.39 is 0 Å². The Morgan fingerprint density at radius 3 is 3.00 bits per heavy atom. The number of primary amides is 1. The van der Waals surface area contributed by atoms with Crippen LogP contribution in [0.1, 0.15) is 23.3 Å². The van der Waals surface area contributed by atoms with Gasteiger partial charge in [0.25, 0.3) is 0 Å². The van der Waals surface area contributed by atoms with Crippen molar-refractivity contribution < 1.29 is 4.79 Å². The molecule has 3 aromatic heterocycles. The predicted octanol–water partition coefficient (Wildman–Crippen LogP) is 2.56. The van der Waals surface area contributed by atoms with Crippen molar-refractivity contribution in [2.45, 2.75) is 31.7 Å². The molecule has 3 aromatic rings. The van der Waals surface area contributed by atoms with Crippen LogP contribution in [0.15, 0.2) is 17.5 Å². The summed E-state index contributed by atoms with van der Waals surface area (Å²) in [6, 6.07) is 3.75. The smallest absolute Gasteiger partial charge is 0.236 e. The molecule has 27 heavy (non-hydrogen) atoms. The van der Waals surface area contributed by atoms with Crippen LogP contribution in [0.2, 0.25) is 0 Å². The number of anilines is 1. The van der Waals surface area contributed by atoms with Crippen molar-refractivity contribution in [1.29, 1.82) is 0 Å². The number of fused-ring (bicyclic) bond motifs is 3. The lowest BCUT2D eigenvalue weighted by atomic mass is 9.96. The van der Waals surface area contributed by atoms with Gasteiger partial charge in [0.05, 0.1) is 10.3 Å². The van der Waals surface area contributed by atoms with Crippen LogP contribution in [0.5, 0.6) is 0 Å². The second kappa shape index (κ2) is 6.85. The SMILES string of the molecule is NC(=O)C1CN(c2nc(-c3cccs3)nc3sc4c(c23)CCCC4)CCN1. The summed E-state index contributed by atoms with van der Waals surface area (Å²) in [5.74, 6) is 1.44. The molecule has 5 rings (SSSR count). The summed E-state index contributed by atoms with van der Waals surface area (Å²) in [5, 5.41) is 6.46. The third-order valence-electron chi connectivity index (χ3n) is 5.36. The fourth-order valence-electron chi connectivity index (χ4n) is 4.02. The molecule has 0 radical (unpaired) electrons. The number of aryl methyl sites for hydroxylation is 2. The maximum atomic E-state index is 11.7. The van der Waals surface area contributed by atoms with E-state index >= 15 is 0 Å². The number of carbonyl (C=O) groups excluding carboxylic acids is 1. The lowest BCUT2D eigenvalue weighted by molar-refractivity contribution is -0.120. The van der Waals surface area contributed by atoms with E-state index in [9.17, 15) is 4.79 Å². The largest absolute Gasteiger partial charge is 0.368 e. The van der Waals surface area contributed by atoms with E-state index in [-0.39, 0.29) is 11.9 Å².